The highest BCUT2D eigenvalue weighted by atomic mass is 19.1. The van der Waals surface area contributed by atoms with Gasteiger partial charge in [-0.3, -0.25) is 0 Å². The quantitative estimate of drug-likeness (QED) is 0.672. The maximum atomic E-state index is 12.9. The third-order valence-electron chi connectivity index (χ3n) is 3.96. The van der Waals surface area contributed by atoms with E-state index < -0.39 is 0 Å². The molecule has 0 spiro atoms. The van der Waals surface area contributed by atoms with E-state index in [1.54, 1.807) is 12.1 Å². The SMILES string of the molecule is O=C(NCC#Cc1ccc(F)cc1)NC(c1ccccc1)c1ccccc1. The van der Waals surface area contributed by atoms with Gasteiger partial charge in [0.25, 0.3) is 0 Å². The third kappa shape index (κ3) is 5.45. The minimum atomic E-state index is -0.305. The van der Waals surface area contributed by atoms with Crippen LogP contribution >= 0.6 is 0 Å². The molecule has 134 valence electrons. The van der Waals surface area contributed by atoms with Crippen LogP contribution in [0, 0.1) is 17.7 Å². The van der Waals surface area contributed by atoms with E-state index in [0.29, 0.717) is 5.56 Å². The molecule has 0 aliphatic heterocycles. The van der Waals surface area contributed by atoms with Gasteiger partial charge in [-0.05, 0) is 35.4 Å². The number of hydrogen-bond donors (Lipinski definition) is 2. The molecule has 0 saturated carbocycles. The second kappa shape index (κ2) is 9.21. The van der Waals surface area contributed by atoms with Crippen molar-refractivity contribution in [3.8, 4) is 11.8 Å². The van der Waals surface area contributed by atoms with Crippen LogP contribution in [0.15, 0.2) is 84.9 Å². The van der Waals surface area contributed by atoms with Crippen molar-refractivity contribution < 1.29 is 9.18 Å². The molecule has 0 aromatic heterocycles. The van der Waals surface area contributed by atoms with Crippen molar-refractivity contribution in [2.24, 2.45) is 0 Å². The maximum absolute atomic E-state index is 12.9. The van der Waals surface area contributed by atoms with Gasteiger partial charge in [0.2, 0.25) is 0 Å². The lowest BCUT2D eigenvalue weighted by atomic mass is 9.99. The van der Waals surface area contributed by atoms with Gasteiger partial charge in [-0.25, -0.2) is 9.18 Å². The van der Waals surface area contributed by atoms with E-state index in [9.17, 15) is 9.18 Å². The van der Waals surface area contributed by atoms with Crippen LogP contribution in [0.3, 0.4) is 0 Å². The Bertz CT molecular complexity index is 889. The number of amides is 2. The van der Waals surface area contributed by atoms with E-state index in [0.717, 1.165) is 11.1 Å². The van der Waals surface area contributed by atoms with Gasteiger partial charge < -0.3 is 10.6 Å². The molecule has 0 aliphatic carbocycles. The first-order valence-electron chi connectivity index (χ1n) is 8.61. The Balaban J connectivity index is 1.62. The molecule has 3 aromatic rings. The lowest BCUT2D eigenvalue weighted by Gasteiger charge is -2.19. The van der Waals surface area contributed by atoms with Crippen LogP contribution in [0.4, 0.5) is 9.18 Å². The molecule has 0 radical (unpaired) electrons. The number of carbonyl (C=O) groups is 1. The van der Waals surface area contributed by atoms with Gasteiger partial charge in [0.1, 0.15) is 5.82 Å². The Hall–Kier alpha value is -3.58. The monoisotopic (exact) mass is 358 g/mol. The van der Waals surface area contributed by atoms with Crippen LogP contribution in [0.2, 0.25) is 0 Å². The summed E-state index contributed by atoms with van der Waals surface area (Å²) >= 11 is 0. The zero-order valence-corrected chi connectivity index (χ0v) is 14.7. The summed E-state index contributed by atoms with van der Waals surface area (Å²) in [5.74, 6) is 5.45. The van der Waals surface area contributed by atoms with E-state index >= 15 is 0 Å². The first kappa shape index (κ1) is 18.2. The summed E-state index contributed by atoms with van der Waals surface area (Å²) in [7, 11) is 0. The molecule has 0 heterocycles. The number of carbonyl (C=O) groups excluding carboxylic acids is 1. The summed E-state index contributed by atoms with van der Waals surface area (Å²) in [5.41, 5.74) is 2.69. The minimum Gasteiger partial charge on any atom is -0.327 e. The van der Waals surface area contributed by atoms with Crippen molar-refractivity contribution in [3.63, 3.8) is 0 Å². The fourth-order valence-corrected chi connectivity index (χ4v) is 2.64. The predicted molar refractivity (Wildman–Crippen MR) is 105 cm³/mol. The summed E-state index contributed by atoms with van der Waals surface area (Å²) in [5, 5.41) is 5.72. The van der Waals surface area contributed by atoms with Crippen LogP contribution in [0.5, 0.6) is 0 Å². The topological polar surface area (TPSA) is 41.1 Å². The van der Waals surface area contributed by atoms with Gasteiger partial charge in [0.05, 0.1) is 12.6 Å². The van der Waals surface area contributed by atoms with Crippen molar-refractivity contribution in [3.05, 3.63) is 107 Å². The smallest absolute Gasteiger partial charge is 0.316 e. The first-order valence-corrected chi connectivity index (χ1v) is 8.61. The zero-order chi connectivity index (χ0) is 18.9. The number of rotatable bonds is 4. The second-order valence-electron chi connectivity index (χ2n) is 5.89. The third-order valence-corrected chi connectivity index (χ3v) is 3.96. The highest BCUT2D eigenvalue weighted by molar-refractivity contribution is 5.75. The Morgan fingerprint density at radius 2 is 1.41 bits per heavy atom. The minimum absolute atomic E-state index is 0.194. The van der Waals surface area contributed by atoms with Crippen LogP contribution in [-0.2, 0) is 0 Å². The normalized spacial score (nSPS) is 10.0. The van der Waals surface area contributed by atoms with Crippen LogP contribution in [-0.4, -0.2) is 12.6 Å². The Labute approximate surface area is 158 Å². The summed E-state index contributed by atoms with van der Waals surface area (Å²) in [4.78, 5) is 12.3. The standard InChI is InChI=1S/C23H19FN2O/c24-21-15-13-18(14-16-21)8-7-17-25-23(27)26-22(19-9-3-1-4-10-19)20-11-5-2-6-12-20/h1-6,9-16,22H,17H2,(H2,25,26,27). The van der Waals surface area contributed by atoms with Gasteiger partial charge in [-0.15, -0.1) is 0 Å². The average molecular weight is 358 g/mol. The first-order chi connectivity index (χ1) is 13.2. The molecule has 2 amide bonds. The van der Waals surface area contributed by atoms with E-state index in [4.69, 9.17) is 0 Å². The van der Waals surface area contributed by atoms with Crippen LogP contribution in [0.1, 0.15) is 22.7 Å². The van der Waals surface area contributed by atoms with Crippen molar-refractivity contribution in [1.82, 2.24) is 10.6 Å². The highest BCUT2D eigenvalue weighted by Crippen LogP contribution is 2.21. The van der Waals surface area contributed by atoms with Crippen molar-refractivity contribution in [2.75, 3.05) is 6.54 Å². The average Bonchev–Trinajstić information content (AvgIpc) is 2.72. The molecule has 3 rings (SSSR count). The Kier molecular flexibility index (Phi) is 6.21. The fourth-order valence-electron chi connectivity index (χ4n) is 2.64. The van der Waals surface area contributed by atoms with Crippen molar-refractivity contribution >= 4 is 6.03 Å². The van der Waals surface area contributed by atoms with Crippen molar-refractivity contribution in [2.45, 2.75) is 6.04 Å². The number of halogens is 1. The molecule has 4 heteroatoms. The zero-order valence-electron chi connectivity index (χ0n) is 14.7. The predicted octanol–water partition coefficient (Wildman–Crippen LogP) is 4.27. The Morgan fingerprint density at radius 3 is 1.96 bits per heavy atom. The molecule has 2 N–H and O–H groups in total. The van der Waals surface area contributed by atoms with E-state index in [2.05, 4.69) is 22.5 Å². The number of nitrogens with one attached hydrogen (secondary N) is 2. The molecular formula is C23H19FN2O. The van der Waals surface area contributed by atoms with Gasteiger partial charge in [0.15, 0.2) is 0 Å². The van der Waals surface area contributed by atoms with E-state index in [-0.39, 0.29) is 24.4 Å². The molecule has 0 atom stereocenters. The molecule has 0 aliphatic rings. The Morgan fingerprint density at radius 1 is 0.852 bits per heavy atom. The summed E-state index contributed by atoms with van der Waals surface area (Å²) in [6.45, 7) is 0.194. The summed E-state index contributed by atoms with van der Waals surface area (Å²) in [6.07, 6.45) is 0. The van der Waals surface area contributed by atoms with Crippen LogP contribution < -0.4 is 10.6 Å². The molecule has 27 heavy (non-hydrogen) atoms. The molecule has 3 aromatic carbocycles. The molecular weight excluding hydrogens is 339 g/mol. The van der Waals surface area contributed by atoms with Gasteiger partial charge >= 0.3 is 6.03 Å². The molecule has 3 nitrogen and oxygen atoms in total. The molecule has 0 bridgehead atoms. The largest absolute Gasteiger partial charge is 0.327 e. The number of benzene rings is 3. The number of hydrogen-bond acceptors (Lipinski definition) is 1. The maximum Gasteiger partial charge on any atom is 0.316 e. The van der Waals surface area contributed by atoms with Crippen molar-refractivity contribution in [1.29, 1.82) is 0 Å². The summed E-state index contributed by atoms with van der Waals surface area (Å²) < 4.78 is 12.9. The lowest BCUT2D eigenvalue weighted by Crippen LogP contribution is -2.38. The lowest BCUT2D eigenvalue weighted by molar-refractivity contribution is 0.240. The fraction of sp³-hybridized carbons (Fsp3) is 0.0870. The molecule has 0 saturated heterocycles. The van der Waals surface area contributed by atoms with E-state index in [1.165, 1.54) is 12.1 Å². The summed E-state index contributed by atoms with van der Waals surface area (Å²) in [6, 6.07) is 24.9. The van der Waals surface area contributed by atoms with Gasteiger partial charge in [-0.1, -0.05) is 72.5 Å². The van der Waals surface area contributed by atoms with Gasteiger partial charge in [0, 0.05) is 5.56 Å². The van der Waals surface area contributed by atoms with Gasteiger partial charge in [-0.2, -0.15) is 0 Å². The number of urea groups is 1. The highest BCUT2D eigenvalue weighted by Gasteiger charge is 2.15. The molecule has 0 unspecified atom stereocenters. The molecule has 0 fully saturated rings. The second-order valence-corrected chi connectivity index (χ2v) is 5.89. The van der Waals surface area contributed by atoms with E-state index in [1.807, 2.05) is 60.7 Å². The van der Waals surface area contributed by atoms with Crippen LogP contribution in [0.25, 0.3) is 0 Å².